The zero-order valence-corrected chi connectivity index (χ0v) is 5.36. The highest BCUT2D eigenvalue weighted by Crippen LogP contribution is 1.64. The fourth-order valence-corrected chi connectivity index (χ4v) is 0.430. The average molecular weight is 136 g/mol. The van der Waals surface area contributed by atoms with E-state index >= 15 is 0 Å². The molecule has 0 unspecified atom stereocenters. The van der Waals surface area contributed by atoms with Crippen molar-refractivity contribution in [3.05, 3.63) is 37.2 Å². The minimum Gasteiger partial charge on any atom is -0.351 e. The molecule has 4 heteroatoms. The van der Waals surface area contributed by atoms with Crippen molar-refractivity contribution < 1.29 is 0 Å². The Morgan fingerprint density at radius 3 is 2.30 bits per heavy atom. The minimum atomic E-state index is 1.62. The monoisotopic (exact) mass is 136 g/mol. The number of nitrogens with zero attached hydrogens (tertiary/aromatic N) is 2. The third-order valence-corrected chi connectivity index (χ3v) is 0.812. The van der Waals surface area contributed by atoms with Crippen LogP contribution in [0.3, 0.4) is 0 Å². The average Bonchev–Trinajstić information content (AvgIpc) is 2.67. The van der Waals surface area contributed by atoms with Crippen LogP contribution in [0.2, 0.25) is 0 Å². The van der Waals surface area contributed by atoms with Crippen molar-refractivity contribution in [1.29, 1.82) is 0 Å². The summed E-state index contributed by atoms with van der Waals surface area (Å²) in [6.07, 6.45) is 8.54. The van der Waals surface area contributed by atoms with Crippen LogP contribution in [0.15, 0.2) is 37.2 Å². The topological polar surface area (TPSA) is 57.4 Å². The highest BCUT2D eigenvalue weighted by Gasteiger charge is 1.57. The number of rotatable bonds is 0. The van der Waals surface area contributed by atoms with Gasteiger partial charge in [0.1, 0.15) is 0 Å². The summed E-state index contributed by atoms with van der Waals surface area (Å²) in [5.41, 5.74) is 0. The molecule has 0 spiro atoms. The molecule has 2 rings (SSSR count). The molecule has 0 atom stereocenters. The molecule has 0 saturated heterocycles. The summed E-state index contributed by atoms with van der Waals surface area (Å²) in [7, 11) is 0. The third kappa shape index (κ3) is 2.66. The predicted molar refractivity (Wildman–Crippen MR) is 37.2 cm³/mol. The van der Waals surface area contributed by atoms with E-state index in [1.807, 2.05) is 6.07 Å². The van der Waals surface area contributed by atoms with E-state index in [1.165, 1.54) is 0 Å². The van der Waals surface area contributed by atoms with E-state index in [1.54, 1.807) is 31.1 Å². The molecule has 2 heterocycles. The van der Waals surface area contributed by atoms with Crippen LogP contribution in [0.5, 0.6) is 0 Å². The lowest BCUT2D eigenvalue weighted by molar-refractivity contribution is 1.09. The number of nitrogens with one attached hydrogen (secondary N) is 2. The zero-order chi connectivity index (χ0) is 7.07. The minimum absolute atomic E-state index is 1.62. The summed E-state index contributed by atoms with van der Waals surface area (Å²) in [6.45, 7) is 0. The predicted octanol–water partition coefficient (Wildman–Crippen LogP) is 0.819. The van der Waals surface area contributed by atoms with E-state index in [2.05, 4.69) is 20.2 Å². The van der Waals surface area contributed by atoms with Crippen LogP contribution in [0, 0.1) is 0 Å². The second-order valence-corrected chi connectivity index (χ2v) is 1.53. The second-order valence-electron chi connectivity index (χ2n) is 1.53. The normalized spacial score (nSPS) is 8.00. The molecule has 2 aromatic heterocycles. The molecule has 0 aliphatic heterocycles. The van der Waals surface area contributed by atoms with Crippen LogP contribution < -0.4 is 0 Å². The van der Waals surface area contributed by atoms with Crippen LogP contribution in [0.25, 0.3) is 0 Å². The van der Waals surface area contributed by atoms with E-state index in [-0.39, 0.29) is 0 Å². The molecule has 0 aromatic carbocycles. The Morgan fingerprint density at radius 1 is 1.10 bits per heavy atom. The Bertz CT molecular complexity index is 149. The Morgan fingerprint density at radius 2 is 2.10 bits per heavy atom. The van der Waals surface area contributed by atoms with Crippen LogP contribution in [-0.4, -0.2) is 20.2 Å². The molecule has 0 radical (unpaired) electrons. The Hall–Kier alpha value is -1.58. The van der Waals surface area contributed by atoms with Crippen molar-refractivity contribution in [3.63, 3.8) is 0 Å². The van der Waals surface area contributed by atoms with Crippen molar-refractivity contribution in [2.24, 2.45) is 0 Å². The molecule has 52 valence electrons. The summed E-state index contributed by atoms with van der Waals surface area (Å²) >= 11 is 0. The molecule has 0 aliphatic carbocycles. The first-order chi connectivity index (χ1) is 5.00. The van der Waals surface area contributed by atoms with Gasteiger partial charge in [0.25, 0.3) is 0 Å². The summed E-state index contributed by atoms with van der Waals surface area (Å²) in [5, 5.41) is 6.21. The number of aromatic nitrogens is 4. The second kappa shape index (κ2) is 4.31. The van der Waals surface area contributed by atoms with Crippen molar-refractivity contribution in [2.45, 2.75) is 0 Å². The highest BCUT2D eigenvalue weighted by molar-refractivity contribution is 4.72. The van der Waals surface area contributed by atoms with E-state index < -0.39 is 0 Å². The van der Waals surface area contributed by atoms with Gasteiger partial charge in [0.05, 0.1) is 6.33 Å². The lowest BCUT2D eigenvalue weighted by atomic mass is 10.8. The van der Waals surface area contributed by atoms with Gasteiger partial charge in [-0.2, -0.15) is 5.10 Å². The summed E-state index contributed by atoms with van der Waals surface area (Å²) in [5.74, 6) is 0. The SMILES string of the molecule is c1c[nH]cn1.c1cn[nH]c1. The van der Waals surface area contributed by atoms with Crippen molar-refractivity contribution in [2.75, 3.05) is 0 Å². The highest BCUT2D eigenvalue weighted by atomic mass is 15.1. The summed E-state index contributed by atoms with van der Waals surface area (Å²) < 4.78 is 0. The number of hydrogen-bond donors (Lipinski definition) is 2. The standard InChI is InChI=1S/2C3H4N2/c1-2-5-3-4-1;1-2-4-5-3-1/h2*1-3H,(H,4,5). The molecule has 0 saturated carbocycles. The summed E-state index contributed by atoms with van der Waals surface area (Å²) in [4.78, 5) is 6.42. The van der Waals surface area contributed by atoms with Gasteiger partial charge in [0, 0.05) is 24.8 Å². The van der Waals surface area contributed by atoms with Gasteiger partial charge < -0.3 is 4.98 Å². The van der Waals surface area contributed by atoms with Crippen molar-refractivity contribution >= 4 is 0 Å². The van der Waals surface area contributed by atoms with Gasteiger partial charge >= 0.3 is 0 Å². The smallest absolute Gasteiger partial charge is 0.0919 e. The Labute approximate surface area is 58.3 Å². The van der Waals surface area contributed by atoms with E-state index in [4.69, 9.17) is 0 Å². The molecular weight excluding hydrogens is 128 g/mol. The van der Waals surface area contributed by atoms with Gasteiger partial charge in [-0.3, -0.25) is 5.10 Å². The third-order valence-electron chi connectivity index (χ3n) is 0.812. The Kier molecular flexibility index (Phi) is 2.82. The van der Waals surface area contributed by atoms with E-state index in [9.17, 15) is 0 Å². The number of imidazole rings is 1. The van der Waals surface area contributed by atoms with E-state index in [0.717, 1.165) is 0 Å². The summed E-state index contributed by atoms with van der Waals surface area (Å²) in [6, 6.07) is 1.83. The number of aromatic amines is 2. The largest absolute Gasteiger partial charge is 0.351 e. The van der Waals surface area contributed by atoms with Crippen molar-refractivity contribution in [3.8, 4) is 0 Å². The first-order valence-electron chi connectivity index (χ1n) is 2.86. The number of hydrogen-bond acceptors (Lipinski definition) is 2. The molecule has 0 fully saturated rings. The van der Waals surface area contributed by atoms with Gasteiger partial charge in [0.2, 0.25) is 0 Å². The lowest BCUT2D eigenvalue weighted by Gasteiger charge is -1.49. The maximum atomic E-state index is 3.67. The Balaban J connectivity index is 0.0000001000. The molecule has 0 bridgehead atoms. The molecular formula is C6H8N4. The van der Waals surface area contributed by atoms with Gasteiger partial charge in [-0.25, -0.2) is 4.98 Å². The fourth-order valence-electron chi connectivity index (χ4n) is 0.430. The lowest BCUT2D eigenvalue weighted by Crippen LogP contribution is -1.53. The maximum Gasteiger partial charge on any atom is 0.0919 e. The maximum absolute atomic E-state index is 3.67. The quantitative estimate of drug-likeness (QED) is 0.563. The van der Waals surface area contributed by atoms with Crippen LogP contribution in [0.1, 0.15) is 0 Å². The molecule has 10 heavy (non-hydrogen) atoms. The van der Waals surface area contributed by atoms with Gasteiger partial charge in [0.15, 0.2) is 0 Å². The molecule has 2 aromatic rings. The number of H-pyrrole nitrogens is 2. The fraction of sp³-hybridized carbons (Fsp3) is 0. The first kappa shape index (κ1) is 6.54. The van der Waals surface area contributed by atoms with E-state index in [0.29, 0.717) is 0 Å². The molecule has 4 nitrogen and oxygen atoms in total. The molecule has 2 N–H and O–H groups in total. The van der Waals surface area contributed by atoms with Gasteiger partial charge in [-0.15, -0.1) is 0 Å². The van der Waals surface area contributed by atoms with Crippen LogP contribution in [-0.2, 0) is 0 Å². The first-order valence-corrected chi connectivity index (χ1v) is 2.86. The molecule has 0 aliphatic rings. The zero-order valence-electron chi connectivity index (χ0n) is 5.36. The van der Waals surface area contributed by atoms with Crippen LogP contribution >= 0.6 is 0 Å². The molecule has 0 amide bonds. The van der Waals surface area contributed by atoms with Crippen LogP contribution in [0.4, 0.5) is 0 Å². The van der Waals surface area contributed by atoms with Gasteiger partial charge in [-0.1, -0.05) is 0 Å². The van der Waals surface area contributed by atoms with Crippen molar-refractivity contribution in [1.82, 2.24) is 20.2 Å². The van der Waals surface area contributed by atoms with Gasteiger partial charge in [-0.05, 0) is 6.07 Å².